The van der Waals surface area contributed by atoms with Crippen molar-refractivity contribution in [3.63, 3.8) is 0 Å². The maximum atomic E-state index is 11.6. The predicted octanol–water partition coefficient (Wildman–Crippen LogP) is 2.09. The minimum Gasteiger partial charge on any atom is -0.321 e. The van der Waals surface area contributed by atoms with Crippen LogP contribution in [0.3, 0.4) is 0 Å². The number of Topliss-reactive ketones (excluding diaryl/α,β-unsaturated/α-hetero) is 1. The van der Waals surface area contributed by atoms with E-state index in [1.807, 2.05) is 18.2 Å². The van der Waals surface area contributed by atoms with Gasteiger partial charge in [0, 0.05) is 5.56 Å². The van der Waals surface area contributed by atoms with E-state index in [9.17, 15) is 4.79 Å². The molecule has 0 amide bonds. The largest absolute Gasteiger partial charge is 0.321 e. The maximum absolute atomic E-state index is 11.6. The molecule has 0 bridgehead atoms. The van der Waals surface area contributed by atoms with Gasteiger partial charge in [-0.25, -0.2) is 0 Å². The van der Waals surface area contributed by atoms with Crippen LogP contribution in [0.5, 0.6) is 0 Å². The van der Waals surface area contributed by atoms with Gasteiger partial charge in [-0.05, 0) is 37.3 Å². The van der Waals surface area contributed by atoms with Crippen molar-refractivity contribution in [2.45, 2.75) is 31.7 Å². The Morgan fingerprint density at radius 3 is 2.79 bits per heavy atom. The molecule has 0 spiro atoms. The quantitative estimate of drug-likeness (QED) is 0.740. The first-order valence-electron chi connectivity index (χ1n) is 5.08. The number of carbonyl (C=O) groups is 1. The third-order valence-corrected chi connectivity index (χ3v) is 2.63. The molecular weight excluding hydrogens is 174 g/mol. The Labute approximate surface area is 84.1 Å². The van der Waals surface area contributed by atoms with Gasteiger partial charge in [-0.15, -0.1) is 0 Å². The average molecular weight is 189 g/mol. The lowest BCUT2D eigenvalue weighted by Crippen LogP contribution is -2.26. The van der Waals surface area contributed by atoms with E-state index in [1.165, 1.54) is 18.4 Å². The lowest BCUT2D eigenvalue weighted by atomic mass is 10.0. The first-order valence-corrected chi connectivity index (χ1v) is 5.08. The molecule has 2 heteroatoms. The lowest BCUT2D eigenvalue weighted by Gasteiger charge is -2.05. The first-order chi connectivity index (χ1) is 6.68. The third-order valence-electron chi connectivity index (χ3n) is 2.63. The van der Waals surface area contributed by atoms with E-state index < -0.39 is 6.04 Å². The van der Waals surface area contributed by atoms with Crippen LogP contribution in [0.25, 0.3) is 0 Å². The Morgan fingerprint density at radius 2 is 2.21 bits per heavy atom. The highest BCUT2D eigenvalue weighted by Crippen LogP contribution is 2.40. The summed E-state index contributed by atoms with van der Waals surface area (Å²) in [7, 11) is 0. The number of ketones is 1. The van der Waals surface area contributed by atoms with Gasteiger partial charge in [-0.1, -0.05) is 18.2 Å². The molecule has 2 rings (SSSR count). The SMILES string of the molecule is CC(N)C(=O)c1cccc(C2CC2)c1. The van der Waals surface area contributed by atoms with Crippen LogP contribution >= 0.6 is 0 Å². The smallest absolute Gasteiger partial charge is 0.179 e. The van der Waals surface area contributed by atoms with Crippen LogP contribution in [0.1, 0.15) is 41.6 Å². The van der Waals surface area contributed by atoms with Crippen LogP contribution in [0.4, 0.5) is 0 Å². The second kappa shape index (κ2) is 3.54. The average Bonchev–Trinajstić information content (AvgIpc) is 3.00. The Morgan fingerprint density at radius 1 is 1.50 bits per heavy atom. The summed E-state index contributed by atoms with van der Waals surface area (Å²) in [4.78, 5) is 11.6. The molecule has 0 aromatic heterocycles. The molecule has 0 heterocycles. The van der Waals surface area contributed by atoms with Crippen molar-refractivity contribution >= 4 is 5.78 Å². The molecule has 1 aliphatic carbocycles. The van der Waals surface area contributed by atoms with Crippen molar-refractivity contribution in [2.24, 2.45) is 5.73 Å². The van der Waals surface area contributed by atoms with Crippen LogP contribution in [-0.4, -0.2) is 11.8 Å². The molecule has 14 heavy (non-hydrogen) atoms. The predicted molar refractivity (Wildman–Crippen MR) is 56.4 cm³/mol. The number of hydrogen-bond donors (Lipinski definition) is 1. The van der Waals surface area contributed by atoms with Gasteiger partial charge in [0.1, 0.15) is 0 Å². The van der Waals surface area contributed by atoms with Gasteiger partial charge >= 0.3 is 0 Å². The van der Waals surface area contributed by atoms with Crippen molar-refractivity contribution in [3.8, 4) is 0 Å². The van der Waals surface area contributed by atoms with Crippen LogP contribution < -0.4 is 5.73 Å². The Kier molecular flexibility index (Phi) is 2.38. The fourth-order valence-electron chi connectivity index (χ4n) is 1.63. The van der Waals surface area contributed by atoms with E-state index in [4.69, 9.17) is 5.73 Å². The van der Waals surface area contributed by atoms with Gasteiger partial charge in [0.2, 0.25) is 0 Å². The van der Waals surface area contributed by atoms with Crippen molar-refractivity contribution in [1.82, 2.24) is 0 Å². The number of carbonyl (C=O) groups excluding carboxylic acids is 1. The van der Waals surface area contributed by atoms with Crippen molar-refractivity contribution < 1.29 is 4.79 Å². The molecular formula is C12H15NO. The number of nitrogens with two attached hydrogens (primary N) is 1. The van der Waals surface area contributed by atoms with Gasteiger partial charge in [-0.2, -0.15) is 0 Å². The standard InChI is InChI=1S/C12H15NO/c1-8(13)12(14)11-4-2-3-10(7-11)9-5-6-9/h2-4,7-9H,5-6,13H2,1H3. The zero-order valence-corrected chi connectivity index (χ0v) is 8.36. The Hall–Kier alpha value is -1.15. The summed E-state index contributed by atoms with van der Waals surface area (Å²) in [6, 6.07) is 7.48. The Bertz CT molecular complexity index is 353. The third kappa shape index (κ3) is 1.85. The van der Waals surface area contributed by atoms with E-state index >= 15 is 0 Å². The number of hydrogen-bond acceptors (Lipinski definition) is 2. The molecule has 1 aromatic rings. The highest BCUT2D eigenvalue weighted by atomic mass is 16.1. The van der Waals surface area contributed by atoms with Gasteiger partial charge in [0.15, 0.2) is 5.78 Å². The molecule has 1 atom stereocenters. The topological polar surface area (TPSA) is 43.1 Å². The summed E-state index contributed by atoms with van der Waals surface area (Å²) in [5, 5.41) is 0. The van der Waals surface area contributed by atoms with Crippen molar-refractivity contribution in [2.75, 3.05) is 0 Å². The van der Waals surface area contributed by atoms with Crippen LogP contribution in [-0.2, 0) is 0 Å². The van der Waals surface area contributed by atoms with Gasteiger partial charge in [-0.3, -0.25) is 4.79 Å². The van der Waals surface area contributed by atoms with Gasteiger partial charge < -0.3 is 5.73 Å². The summed E-state index contributed by atoms with van der Waals surface area (Å²) in [5.41, 5.74) is 7.60. The minimum atomic E-state index is -0.399. The fourth-order valence-corrected chi connectivity index (χ4v) is 1.63. The lowest BCUT2D eigenvalue weighted by molar-refractivity contribution is 0.0968. The molecule has 1 aromatic carbocycles. The minimum absolute atomic E-state index is 0.0347. The number of benzene rings is 1. The van der Waals surface area contributed by atoms with E-state index in [0.29, 0.717) is 5.92 Å². The van der Waals surface area contributed by atoms with Gasteiger partial charge in [0.25, 0.3) is 0 Å². The normalized spacial score (nSPS) is 17.9. The highest BCUT2D eigenvalue weighted by molar-refractivity contribution is 5.99. The van der Waals surface area contributed by atoms with Crippen molar-refractivity contribution in [1.29, 1.82) is 0 Å². The highest BCUT2D eigenvalue weighted by Gasteiger charge is 2.24. The van der Waals surface area contributed by atoms with Crippen LogP contribution in [0.2, 0.25) is 0 Å². The van der Waals surface area contributed by atoms with Crippen molar-refractivity contribution in [3.05, 3.63) is 35.4 Å². The molecule has 1 unspecified atom stereocenters. The zero-order valence-electron chi connectivity index (χ0n) is 8.36. The second-order valence-electron chi connectivity index (χ2n) is 4.05. The summed E-state index contributed by atoms with van der Waals surface area (Å²) < 4.78 is 0. The zero-order chi connectivity index (χ0) is 10.1. The summed E-state index contributed by atoms with van der Waals surface area (Å²) in [6.07, 6.45) is 2.52. The molecule has 1 fully saturated rings. The molecule has 1 aliphatic rings. The van der Waals surface area contributed by atoms with E-state index in [-0.39, 0.29) is 5.78 Å². The summed E-state index contributed by atoms with van der Waals surface area (Å²) >= 11 is 0. The Balaban J connectivity index is 2.25. The maximum Gasteiger partial charge on any atom is 0.179 e. The molecule has 2 N–H and O–H groups in total. The molecule has 2 nitrogen and oxygen atoms in total. The summed E-state index contributed by atoms with van der Waals surface area (Å²) in [5.74, 6) is 0.725. The molecule has 0 aliphatic heterocycles. The fraction of sp³-hybridized carbons (Fsp3) is 0.417. The second-order valence-corrected chi connectivity index (χ2v) is 4.05. The monoisotopic (exact) mass is 189 g/mol. The number of rotatable bonds is 3. The van der Waals surface area contributed by atoms with Gasteiger partial charge in [0.05, 0.1) is 6.04 Å². The molecule has 0 saturated heterocycles. The summed E-state index contributed by atoms with van der Waals surface area (Å²) in [6.45, 7) is 1.73. The molecule has 1 saturated carbocycles. The van der Waals surface area contributed by atoms with Crippen LogP contribution in [0.15, 0.2) is 24.3 Å². The first kappa shape index (κ1) is 9.41. The molecule has 0 radical (unpaired) electrons. The van der Waals surface area contributed by atoms with E-state index in [0.717, 1.165) is 5.56 Å². The van der Waals surface area contributed by atoms with Crippen LogP contribution in [0, 0.1) is 0 Å². The van der Waals surface area contributed by atoms with E-state index in [2.05, 4.69) is 6.07 Å². The molecule has 74 valence electrons. The van der Waals surface area contributed by atoms with E-state index in [1.54, 1.807) is 6.92 Å².